The number of unbranched alkanes of at least 4 members (excludes halogenated alkanes) is 3. The summed E-state index contributed by atoms with van der Waals surface area (Å²) in [5.41, 5.74) is 14.5. The molecular formula is C111H172N26O5. The van der Waals surface area contributed by atoms with E-state index >= 15 is 0 Å². The van der Waals surface area contributed by atoms with Gasteiger partial charge in [0.2, 0.25) is 29.5 Å². The van der Waals surface area contributed by atoms with Gasteiger partial charge in [0.1, 0.15) is 0 Å². The Morgan fingerprint density at radius 3 is 0.972 bits per heavy atom. The Kier molecular flexibility index (Phi) is 44.3. The lowest BCUT2D eigenvalue weighted by molar-refractivity contribution is -0.133. The number of hydrogen-bond acceptors (Lipinski definition) is 26. The van der Waals surface area contributed by atoms with Gasteiger partial charge in [-0.1, -0.05) is 93.8 Å². The lowest BCUT2D eigenvalue weighted by atomic mass is 9.91. The van der Waals surface area contributed by atoms with Gasteiger partial charge in [0, 0.05) is 257 Å². The number of benzene rings is 1. The van der Waals surface area contributed by atoms with Crippen LogP contribution < -0.4 is 47.9 Å². The molecule has 10 unspecified atom stereocenters. The third kappa shape index (κ3) is 33.1. The number of carbonyl (C=O) groups is 5. The minimum Gasteiger partial charge on any atom is -0.372 e. The first-order valence-corrected chi connectivity index (χ1v) is 54.8. The molecule has 5 aromatic heterocycles. The van der Waals surface area contributed by atoms with Gasteiger partial charge in [-0.25, -0.2) is 0 Å². The molecule has 5 amide bonds. The summed E-state index contributed by atoms with van der Waals surface area (Å²) < 4.78 is 0. The Bertz CT molecular complexity index is 4890. The van der Waals surface area contributed by atoms with Crippen molar-refractivity contribution in [3.63, 3.8) is 0 Å². The van der Waals surface area contributed by atoms with Crippen LogP contribution in [0.3, 0.4) is 0 Å². The summed E-state index contributed by atoms with van der Waals surface area (Å²) in [5, 5.41) is 31.2. The number of likely N-dealkylation sites (N-methyl/N-ethyl adjacent to an activating group) is 5. The average molecular weight is 1950 g/mol. The summed E-state index contributed by atoms with van der Waals surface area (Å²) in [6.45, 7) is 27.6. The number of nitrogens with zero attached hydrogens (tertiary/aromatic N) is 17. The van der Waals surface area contributed by atoms with Crippen LogP contribution in [-0.2, 0) is 62.6 Å². The van der Waals surface area contributed by atoms with Crippen molar-refractivity contribution < 1.29 is 24.0 Å². The molecule has 5 saturated heterocycles. The number of carbonyl (C=O) groups excluding carboxylic acids is 5. The maximum absolute atomic E-state index is 12.8. The largest absolute Gasteiger partial charge is 0.372 e. The molecule has 0 bridgehead atoms. The second kappa shape index (κ2) is 58.1. The summed E-state index contributed by atoms with van der Waals surface area (Å²) in [7, 11) is 11.0. The Balaban J connectivity index is 0.000000141. The van der Waals surface area contributed by atoms with Crippen molar-refractivity contribution in [2.45, 2.75) is 267 Å². The fraction of sp³-hybridized carbons (Fsp3) is 0.658. The third-order valence-electron chi connectivity index (χ3n) is 30.8. The molecule has 7 aliphatic heterocycles. The first-order chi connectivity index (χ1) is 69.5. The van der Waals surface area contributed by atoms with E-state index in [4.69, 9.17) is 4.98 Å². The summed E-state index contributed by atoms with van der Waals surface area (Å²) in [6, 6.07) is 35.3. The maximum atomic E-state index is 12.8. The van der Waals surface area contributed by atoms with Gasteiger partial charge in [0.25, 0.3) is 0 Å². The predicted octanol–water partition coefficient (Wildman–Crippen LogP) is 9.80. The molecule has 1 aromatic carbocycles. The zero-order valence-corrected chi connectivity index (χ0v) is 87.1. The number of rotatable bonds is 36. The van der Waals surface area contributed by atoms with Crippen molar-refractivity contribution in [2.75, 3.05) is 205 Å². The van der Waals surface area contributed by atoms with Gasteiger partial charge >= 0.3 is 0 Å². The summed E-state index contributed by atoms with van der Waals surface area (Å²) in [4.78, 5) is 117. The fourth-order valence-corrected chi connectivity index (χ4v) is 23.1. The Morgan fingerprint density at radius 2 is 0.655 bits per heavy atom. The van der Waals surface area contributed by atoms with Crippen molar-refractivity contribution in [1.29, 1.82) is 0 Å². The number of pyridine rings is 5. The molecule has 776 valence electrons. The molecule has 31 heteroatoms. The number of amidine groups is 1. The van der Waals surface area contributed by atoms with E-state index in [1.807, 2.05) is 77.2 Å². The number of fused-ring (bicyclic) bond motifs is 5. The van der Waals surface area contributed by atoms with Gasteiger partial charge in [-0.05, 0) is 234 Å². The number of nitrogens with one attached hydrogen (secondary N) is 9. The highest BCUT2D eigenvalue weighted by molar-refractivity contribution is 5.84. The Morgan fingerprint density at radius 1 is 0.345 bits per heavy atom. The molecule has 5 fully saturated rings. The summed E-state index contributed by atoms with van der Waals surface area (Å²) in [5.74, 6) is 3.41. The first kappa shape index (κ1) is 108. The molecule has 5 aliphatic carbocycles. The van der Waals surface area contributed by atoms with Gasteiger partial charge in [-0.3, -0.25) is 83.4 Å². The van der Waals surface area contributed by atoms with Crippen LogP contribution in [0.25, 0.3) is 0 Å². The third-order valence-corrected chi connectivity index (χ3v) is 30.8. The van der Waals surface area contributed by atoms with Crippen LogP contribution in [0.2, 0.25) is 0 Å². The molecule has 12 aliphatic rings. The highest BCUT2D eigenvalue weighted by atomic mass is 16.2. The van der Waals surface area contributed by atoms with Crippen LogP contribution in [-0.4, -0.2) is 351 Å². The van der Waals surface area contributed by atoms with E-state index in [1.54, 1.807) is 0 Å². The molecule has 9 N–H and O–H groups in total. The average Bonchev–Trinajstić information content (AvgIpc) is 0.918. The van der Waals surface area contributed by atoms with E-state index in [0.717, 1.165) is 291 Å². The van der Waals surface area contributed by atoms with Gasteiger partial charge in [-0.2, -0.15) is 0 Å². The SMILES string of the molecule is CCCCC(=O)N1CCNC(CN(C)C2CCCc3cccnc32)C1.CCCCCC(=O)N1CCNC(CN(C)C2CCCc3cccnc32)C1.CN(CC1CN(C(=O)CCCC2=NCCN2)CCN1)C1CCCc2cccnc21.CN(CC1CN(C(=O)CCCNC2=NCCN2)CCN1)C1CCCc2cccnc21.CN(CC1CN(C(=O)CCCNCc2ccccc2)CCN1)C1CCCc2cccnc21. The highest BCUT2D eigenvalue weighted by Crippen LogP contribution is 2.38. The number of guanidine groups is 1. The van der Waals surface area contributed by atoms with Crippen LogP contribution in [0.4, 0.5) is 0 Å². The van der Waals surface area contributed by atoms with Gasteiger partial charge in [-0.15, -0.1) is 0 Å². The van der Waals surface area contributed by atoms with Gasteiger partial charge < -0.3 is 72.4 Å². The van der Waals surface area contributed by atoms with Crippen molar-refractivity contribution in [2.24, 2.45) is 9.98 Å². The molecule has 10 atom stereocenters. The van der Waals surface area contributed by atoms with Crippen LogP contribution in [0, 0.1) is 0 Å². The molecule has 18 rings (SSSR count). The molecule has 31 nitrogen and oxygen atoms in total. The second-order valence-corrected chi connectivity index (χ2v) is 41.6. The van der Waals surface area contributed by atoms with E-state index in [-0.39, 0.29) is 17.7 Å². The fourth-order valence-electron chi connectivity index (χ4n) is 23.1. The van der Waals surface area contributed by atoms with Crippen molar-refractivity contribution in [1.82, 2.24) is 122 Å². The van der Waals surface area contributed by atoms with E-state index in [9.17, 15) is 24.0 Å². The quantitative estimate of drug-likeness (QED) is 0.0165. The highest BCUT2D eigenvalue weighted by Gasteiger charge is 2.37. The van der Waals surface area contributed by atoms with Crippen molar-refractivity contribution in [3.05, 3.63) is 184 Å². The molecule has 0 radical (unpaired) electrons. The van der Waals surface area contributed by atoms with Crippen LogP contribution in [0.15, 0.2) is 132 Å². The Labute approximate surface area is 848 Å². The lowest BCUT2D eigenvalue weighted by Gasteiger charge is -2.39. The number of aromatic nitrogens is 5. The standard InChI is InChI=1S/C26H37N5O.C22H35N7O.C22H34N6O.C21H34N4O.C20H32N4O/c1-30(24-12-5-10-22-11-6-15-29-26(22)24)19-23-20-31(17-16-28-23)25(32)13-7-14-27-18-21-8-3-2-4-9-21;1-28(19-7-2-5-17-6-3-9-24-21(17)19)15-18-16-29(14-13-23-18)20(30)8-4-10-25-22-26-11-12-27-22;1-27(19-7-2-5-17-6-4-10-26-22(17)19)15-18-16-28(14-13-23-18)21(29)9-3-8-20-24-11-12-25-20;1-3-4-5-11-20(26)25-14-13-22-18(16-25)15-24(2)19-10-6-8-17-9-7-12-23-21(17)19;1-3-4-10-19(25)24-13-12-21-17(15-24)14-23(2)18-9-5-7-16-8-6-11-22-20(16)18/h2-4,6,8-9,11,15,23-24,27-28H,5,7,10,12-14,16-20H2,1H3;3,6,9,18-19,23H,2,4-5,7-8,10-16H2,1H3,(H2,25,26,27);4,6,10,18-19,23H,2-3,5,7-9,11-16H2,1H3,(H,24,25);7,9,12,18-19,22H,3-6,8,10-11,13-16H2,1-2H3;6,8,11,17-18,21H,3-5,7,9-10,12-15H2,1-2H3. The number of hydrogen-bond donors (Lipinski definition) is 9. The van der Waals surface area contributed by atoms with Crippen LogP contribution in [0.1, 0.15) is 260 Å². The summed E-state index contributed by atoms with van der Waals surface area (Å²) >= 11 is 0. The lowest BCUT2D eigenvalue weighted by Crippen LogP contribution is -2.56. The van der Waals surface area contributed by atoms with Gasteiger partial charge in [0.05, 0.1) is 77.6 Å². The van der Waals surface area contributed by atoms with Crippen molar-refractivity contribution >= 4 is 41.3 Å². The monoisotopic (exact) mass is 1950 g/mol. The number of piperazine rings is 5. The Hall–Kier alpha value is -9.38. The van der Waals surface area contributed by atoms with Gasteiger partial charge in [0.15, 0.2) is 5.96 Å². The molecular weight excluding hydrogens is 1780 g/mol. The number of aliphatic imine (C=N–C) groups is 2. The normalized spacial score (nSPS) is 23.0. The minimum atomic E-state index is 0.261. The molecule has 0 spiro atoms. The molecule has 0 saturated carbocycles. The van der Waals surface area contributed by atoms with Crippen LogP contribution >= 0.6 is 0 Å². The zero-order chi connectivity index (χ0) is 99.0. The zero-order valence-electron chi connectivity index (χ0n) is 87.1. The van der Waals surface area contributed by atoms with E-state index in [2.05, 4.69) is 221 Å². The molecule has 12 heterocycles. The van der Waals surface area contributed by atoms with E-state index in [1.165, 1.54) is 113 Å². The predicted molar refractivity (Wildman–Crippen MR) is 567 cm³/mol. The van der Waals surface area contributed by atoms with E-state index in [0.29, 0.717) is 104 Å². The molecule has 6 aromatic rings. The van der Waals surface area contributed by atoms with Crippen molar-refractivity contribution in [3.8, 4) is 0 Å². The smallest absolute Gasteiger partial charge is 0.222 e. The number of amides is 5. The minimum absolute atomic E-state index is 0.261. The van der Waals surface area contributed by atoms with Crippen LogP contribution in [0.5, 0.6) is 0 Å². The number of aryl methyl sites for hydroxylation is 5. The maximum Gasteiger partial charge on any atom is 0.222 e. The topological polar surface area (TPSA) is 315 Å². The first-order valence-electron chi connectivity index (χ1n) is 54.8. The van der Waals surface area contributed by atoms with E-state index < -0.39 is 0 Å². The molecule has 142 heavy (non-hydrogen) atoms. The summed E-state index contributed by atoms with van der Waals surface area (Å²) in [6.07, 6.45) is 39.3. The second-order valence-electron chi connectivity index (χ2n) is 41.6.